The lowest BCUT2D eigenvalue weighted by Crippen LogP contribution is -2.41. The van der Waals surface area contributed by atoms with E-state index in [1.807, 2.05) is 0 Å². The normalized spacial score (nSPS) is 22.6. The fourth-order valence-electron chi connectivity index (χ4n) is 2.93. The summed E-state index contributed by atoms with van der Waals surface area (Å²) in [5.41, 5.74) is 5.30. The summed E-state index contributed by atoms with van der Waals surface area (Å²) in [6.07, 6.45) is 2.54. The van der Waals surface area contributed by atoms with Gasteiger partial charge < -0.3 is 5.73 Å². The number of nitrogens with two attached hydrogens (primary N) is 1. The summed E-state index contributed by atoms with van der Waals surface area (Å²) in [7, 11) is -2.43. The molecule has 7 nitrogen and oxygen atoms in total. The first-order valence-corrected chi connectivity index (χ1v) is 8.25. The summed E-state index contributed by atoms with van der Waals surface area (Å²) in [6.45, 7) is 0.418. The first kappa shape index (κ1) is 15.9. The van der Waals surface area contributed by atoms with Crippen LogP contribution in [0.5, 0.6) is 0 Å². The maximum atomic E-state index is 12.7. The molecule has 0 amide bonds. The first-order chi connectivity index (χ1) is 9.89. The number of para-hydroxylation sites is 1. The van der Waals surface area contributed by atoms with Crippen LogP contribution in [0.1, 0.15) is 19.3 Å². The Balaban J connectivity index is 2.40. The van der Waals surface area contributed by atoms with E-state index in [2.05, 4.69) is 0 Å². The highest BCUT2D eigenvalue weighted by molar-refractivity contribution is 7.89. The number of rotatable bonds is 5. The molecule has 1 fully saturated rings. The highest BCUT2D eigenvalue weighted by Gasteiger charge is 2.38. The monoisotopic (exact) mass is 313 g/mol. The number of nitro groups is 1. The van der Waals surface area contributed by atoms with Crippen LogP contribution in [-0.2, 0) is 10.0 Å². The molecule has 21 heavy (non-hydrogen) atoms. The molecule has 0 spiro atoms. The molecule has 116 valence electrons. The van der Waals surface area contributed by atoms with Crippen molar-refractivity contribution in [2.45, 2.75) is 30.2 Å². The van der Waals surface area contributed by atoms with Crippen LogP contribution < -0.4 is 5.73 Å². The van der Waals surface area contributed by atoms with Gasteiger partial charge >= 0.3 is 0 Å². The molecule has 0 radical (unpaired) electrons. The Hall–Kier alpha value is -1.51. The van der Waals surface area contributed by atoms with Gasteiger partial charge in [0.05, 0.1) is 4.92 Å². The summed E-state index contributed by atoms with van der Waals surface area (Å²) >= 11 is 0. The van der Waals surface area contributed by atoms with Gasteiger partial charge in [0.25, 0.3) is 5.69 Å². The predicted octanol–water partition coefficient (Wildman–Crippen LogP) is 1.34. The van der Waals surface area contributed by atoms with Gasteiger partial charge in [-0.1, -0.05) is 18.6 Å². The molecule has 1 aliphatic rings. The van der Waals surface area contributed by atoms with Gasteiger partial charge in [0.15, 0.2) is 4.90 Å². The molecular weight excluding hydrogens is 294 g/mol. The summed E-state index contributed by atoms with van der Waals surface area (Å²) in [5.74, 6) is 0.104. The Kier molecular flexibility index (Phi) is 4.60. The van der Waals surface area contributed by atoms with Gasteiger partial charge in [-0.2, -0.15) is 4.31 Å². The third kappa shape index (κ3) is 2.92. The molecule has 1 saturated carbocycles. The Labute approximate surface area is 123 Å². The van der Waals surface area contributed by atoms with Crippen LogP contribution in [0.2, 0.25) is 0 Å². The van der Waals surface area contributed by atoms with Crippen molar-refractivity contribution in [3.05, 3.63) is 34.4 Å². The smallest absolute Gasteiger partial charge is 0.289 e. The largest absolute Gasteiger partial charge is 0.330 e. The standard InChI is InChI=1S/C13H19N3O4S/c1-15(11-7-4-5-10(11)9-14)21(19,20)13-8-3-2-6-12(13)16(17)18/h2-3,6,8,10-11H,4-5,7,9,14H2,1H3. The molecule has 1 aromatic carbocycles. The van der Waals surface area contributed by atoms with E-state index < -0.39 is 20.6 Å². The number of sulfonamides is 1. The van der Waals surface area contributed by atoms with Gasteiger partial charge in [-0.05, 0) is 31.4 Å². The maximum Gasteiger partial charge on any atom is 0.289 e. The second-order valence-electron chi connectivity index (χ2n) is 5.24. The van der Waals surface area contributed by atoms with E-state index in [-0.39, 0.29) is 16.9 Å². The molecule has 0 aliphatic heterocycles. The molecule has 0 bridgehead atoms. The fourth-order valence-corrected chi connectivity index (χ4v) is 4.53. The van der Waals surface area contributed by atoms with E-state index >= 15 is 0 Å². The van der Waals surface area contributed by atoms with Crippen LogP contribution in [0.4, 0.5) is 5.69 Å². The van der Waals surface area contributed by atoms with Crippen molar-refractivity contribution in [1.82, 2.24) is 4.31 Å². The second-order valence-corrected chi connectivity index (χ2v) is 7.21. The predicted molar refractivity (Wildman–Crippen MR) is 78.2 cm³/mol. The van der Waals surface area contributed by atoms with Crippen molar-refractivity contribution >= 4 is 15.7 Å². The number of benzene rings is 1. The third-order valence-electron chi connectivity index (χ3n) is 4.11. The minimum Gasteiger partial charge on any atom is -0.330 e. The highest BCUT2D eigenvalue weighted by Crippen LogP contribution is 2.33. The fraction of sp³-hybridized carbons (Fsp3) is 0.538. The van der Waals surface area contributed by atoms with Crippen LogP contribution in [-0.4, -0.2) is 37.3 Å². The van der Waals surface area contributed by atoms with Gasteiger partial charge in [-0.3, -0.25) is 10.1 Å². The Morgan fingerprint density at radius 2 is 2.05 bits per heavy atom. The van der Waals surface area contributed by atoms with Crippen molar-refractivity contribution < 1.29 is 13.3 Å². The molecule has 0 saturated heterocycles. The zero-order valence-electron chi connectivity index (χ0n) is 11.8. The minimum absolute atomic E-state index is 0.104. The van der Waals surface area contributed by atoms with Gasteiger partial charge in [0, 0.05) is 19.2 Å². The van der Waals surface area contributed by atoms with E-state index in [0.29, 0.717) is 6.54 Å². The van der Waals surface area contributed by atoms with Crippen molar-refractivity contribution in [1.29, 1.82) is 0 Å². The van der Waals surface area contributed by atoms with Crippen molar-refractivity contribution in [3.63, 3.8) is 0 Å². The van der Waals surface area contributed by atoms with Gasteiger partial charge in [-0.15, -0.1) is 0 Å². The molecule has 8 heteroatoms. The Morgan fingerprint density at radius 1 is 1.38 bits per heavy atom. The molecule has 0 aromatic heterocycles. The van der Waals surface area contributed by atoms with Crippen molar-refractivity contribution in [3.8, 4) is 0 Å². The van der Waals surface area contributed by atoms with E-state index in [1.54, 1.807) is 0 Å². The first-order valence-electron chi connectivity index (χ1n) is 6.81. The van der Waals surface area contributed by atoms with E-state index in [0.717, 1.165) is 19.3 Å². The lowest BCUT2D eigenvalue weighted by Gasteiger charge is -2.28. The summed E-state index contributed by atoms with van der Waals surface area (Å²) in [4.78, 5) is 10.1. The average Bonchev–Trinajstić information content (AvgIpc) is 2.94. The van der Waals surface area contributed by atoms with E-state index in [9.17, 15) is 18.5 Å². The van der Waals surface area contributed by atoms with Crippen LogP contribution in [0, 0.1) is 16.0 Å². The van der Waals surface area contributed by atoms with E-state index in [1.165, 1.54) is 35.6 Å². The van der Waals surface area contributed by atoms with Gasteiger partial charge in [0.2, 0.25) is 10.0 Å². The van der Waals surface area contributed by atoms with Crippen molar-refractivity contribution in [2.75, 3.05) is 13.6 Å². The number of nitro benzene ring substituents is 1. The average molecular weight is 313 g/mol. The highest BCUT2D eigenvalue weighted by atomic mass is 32.2. The molecule has 2 unspecified atom stereocenters. The summed E-state index contributed by atoms with van der Waals surface area (Å²) in [5, 5.41) is 11.0. The molecule has 1 aromatic rings. The summed E-state index contributed by atoms with van der Waals surface area (Å²) < 4.78 is 26.6. The molecule has 0 heterocycles. The van der Waals surface area contributed by atoms with Crippen LogP contribution in [0.3, 0.4) is 0 Å². The number of hydrogen-bond donors (Lipinski definition) is 1. The van der Waals surface area contributed by atoms with Crippen molar-refractivity contribution in [2.24, 2.45) is 11.7 Å². The second kappa shape index (κ2) is 6.08. The topological polar surface area (TPSA) is 107 Å². The SMILES string of the molecule is CN(C1CCCC1CN)S(=O)(=O)c1ccccc1[N+](=O)[O-]. The van der Waals surface area contributed by atoms with Crippen LogP contribution >= 0.6 is 0 Å². The molecule has 2 N–H and O–H groups in total. The van der Waals surface area contributed by atoms with Crippen LogP contribution in [0.25, 0.3) is 0 Å². The quantitative estimate of drug-likeness (QED) is 0.652. The third-order valence-corrected chi connectivity index (χ3v) is 6.04. The molecule has 1 aliphatic carbocycles. The lowest BCUT2D eigenvalue weighted by atomic mass is 10.0. The number of hydrogen-bond acceptors (Lipinski definition) is 5. The number of nitrogens with zero attached hydrogens (tertiary/aromatic N) is 2. The minimum atomic E-state index is -3.90. The molecular formula is C13H19N3O4S. The van der Waals surface area contributed by atoms with E-state index in [4.69, 9.17) is 5.73 Å². The zero-order chi connectivity index (χ0) is 15.6. The van der Waals surface area contributed by atoms with Crippen LogP contribution in [0.15, 0.2) is 29.2 Å². The zero-order valence-corrected chi connectivity index (χ0v) is 12.6. The van der Waals surface area contributed by atoms with Gasteiger partial charge in [-0.25, -0.2) is 8.42 Å². The Morgan fingerprint density at radius 3 is 2.67 bits per heavy atom. The van der Waals surface area contributed by atoms with Gasteiger partial charge in [0.1, 0.15) is 0 Å². The maximum absolute atomic E-state index is 12.7. The lowest BCUT2D eigenvalue weighted by molar-refractivity contribution is -0.387. The molecule has 2 rings (SSSR count). The summed E-state index contributed by atoms with van der Waals surface area (Å²) in [6, 6.07) is 5.23. The Bertz CT molecular complexity index is 632. The molecule has 2 atom stereocenters.